The van der Waals surface area contributed by atoms with Gasteiger partial charge in [0.1, 0.15) is 23.4 Å². The Morgan fingerprint density at radius 2 is 2.29 bits per heavy atom. The number of nitrogens with zero attached hydrogens (tertiary/aromatic N) is 2. The third kappa shape index (κ3) is 4.13. The van der Waals surface area contributed by atoms with Gasteiger partial charge in [-0.25, -0.2) is 4.79 Å². The van der Waals surface area contributed by atoms with Crippen molar-refractivity contribution in [1.82, 2.24) is 9.88 Å². The fourth-order valence-corrected chi connectivity index (χ4v) is 2.56. The molecule has 2 aromatic rings. The minimum Gasteiger partial charge on any atom is -0.488 e. The zero-order chi connectivity index (χ0) is 16.9. The maximum Gasteiger partial charge on any atom is 0.339 e. The summed E-state index contributed by atoms with van der Waals surface area (Å²) in [6.07, 6.45) is 3.77. The van der Waals surface area contributed by atoms with Gasteiger partial charge in [0.2, 0.25) is 0 Å². The van der Waals surface area contributed by atoms with Crippen LogP contribution in [0.4, 0.5) is 0 Å². The summed E-state index contributed by atoms with van der Waals surface area (Å²) in [4.78, 5) is 29.2. The van der Waals surface area contributed by atoms with Crippen LogP contribution in [0.3, 0.4) is 0 Å². The van der Waals surface area contributed by atoms with Crippen LogP contribution in [0.25, 0.3) is 0 Å². The number of rotatable bonds is 5. The molecule has 7 heteroatoms. The van der Waals surface area contributed by atoms with Crippen LogP contribution in [-0.2, 0) is 4.79 Å². The van der Waals surface area contributed by atoms with E-state index in [1.165, 1.54) is 6.07 Å². The van der Waals surface area contributed by atoms with Crippen LogP contribution in [0.5, 0.6) is 11.5 Å². The number of carbonyl (C=O) groups is 1. The van der Waals surface area contributed by atoms with E-state index in [2.05, 4.69) is 4.98 Å². The molecule has 3 heterocycles. The highest BCUT2D eigenvalue weighted by Crippen LogP contribution is 2.18. The Bertz CT molecular complexity index is 759. The molecule has 0 bridgehead atoms. The lowest BCUT2D eigenvalue weighted by molar-refractivity contribution is -0.132. The number of pyridine rings is 1. The van der Waals surface area contributed by atoms with Crippen molar-refractivity contribution >= 4 is 5.91 Å². The quantitative estimate of drug-likeness (QED) is 0.824. The first-order valence-electron chi connectivity index (χ1n) is 7.69. The predicted molar refractivity (Wildman–Crippen MR) is 85.1 cm³/mol. The third-order valence-electron chi connectivity index (χ3n) is 3.66. The number of amides is 1. The minimum atomic E-state index is -0.444. The van der Waals surface area contributed by atoms with E-state index in [0.29, 0.717) is 36.8 Å². The lowest BCUT2D eigenvalue weighted by Crippen LogP contribution is -2.34. The molecule has 0 aliphatic carbocycles. The second-order valence-electron chi connectivity index (χ2n) is 5.57. The van der Waals surface area contributed by atoms with Crippen molar-refractivity contribution in [3.63, 3.8) is 0 Å². The molecule has 0 N–H and O–H groups in total. The first-order chi connectivity index (χ1) is 11.6. The van der Waals surface area contributed by atoms with E-state index in [4.69, 9.17) is 13.9 Å². The number of ether oxygens (including phenoxy) is 2. The van der Waals surface area contributed by atoms with Crippen molar-refractivity contribution in [1.29, 1.82) is 0 Å². The van der Waals surface area contributed by atoms with Crippen molar-refractivity contribution in [2.24, 2.45) is 0 Å². The van der Waals surface area contributed by atoms with E-state index in [1.807, 2.05) is 0 Å². The van der Waals surface area contributed by atoms with Crippen LogP contribution in [-0.4, -0.2) is 41.6 Å². The van der Waals surface area contributed by atoms with Gasteiger partial charge in [0.15, 0.2) is 6.61 Å². The van der Waals surface area contributed by atoms with Gasteiger partial charge in [-0.2, -0.15) is 0 Å². The number of aryl methyl sites for hydroxylation is 1. The molecule has 24 heavy (non-hydrogen) atoms. The van der Waals surface area contributed by atoms with E-state index in [0.717, 1.165) is 0 Å². The van der Waals surface area contributed by atoms with Crippen molar-refractivity contribution in [2.75, 3.05) is 19.7 Å². The van der Waals surface area contributed by atoms with E-state index in [-0.39, 0.29) is 18.6 Å². The van der Waals surface area contributed by atoms with Crippen LogP contribution in [0, 0.1) is 6.92 Å². The van der Waals surface area contributed by atoms with Gasteiger partial charge in [0, 0.05) is 25.2 Å². The molecule has 1 aliphatic heterocycles. The summed E-state index contributed by atoms with van der Waals surface area (Å²) in [5, 5.41) is 0. The summed E-state index contributed by atoms with van der Waals surface area (Å²) in [5.41, 5.74) is -0.444. The monoisotopic (exact) mass is 330 g/mol. The molecule has 2 aromatic heterocycles. The summed E-state index contributed by atoms with van der Waals surface area (Å²) in [6.45, 7) is 2.72. The Balaban J connectivity index is 1.51. The second kappa shape index (κ2) is 7.16. The van der Waals surface area contributed by atoms with Gasteiger partial charge in [0.25, 0.3) is 5.91 Å². The van der Waals surface area contributed by atoms with Crippen molar-refractivity contribution in [3.05, 3.63) is 52.8 Å². The topological polar surface area (TPSA) is 81.9 Å². The summed E-state index contributed by atoms with van der Waals surface area (Å²) in [5.74, 6) is 1.42. The molecule has 1 unspecified atom stereocenters. The Kier molecular flexibility index (Phi) is 4.79. The summed E-state index contributed by atoms with van der Waals surface area (Å²) >= 11 is 0. The maximum absolute atomic E-state index is 12.2. The van der Waals surface area contributed by atoms with Crippen molar-refractivity contribution in [3.8, 4) is 11.5 Å². The number of carbonyl (C=O) groups excluding carboxylic acids is 1. The Morgan fingerprint density at radius 1 is 1.42 bits per heavy atom. The molecule has 126 valence electrons. The number of hydrogen-bond acceptors (Lipinski definition) is 6. The fourth-order valence-electron chi connectivity index (χ4n) is 2.56. The average molecular weight is 330 g/mol. The lowest BCUT2D eigenvalue weighted by Gasteiger charge is -2.17. The van der Waals surface area contributed by atoms with Crippen LogP contribution >= 0.6 is 0 Å². The first kappa shape index (κ1) is 16.0. The highest BCUT2D eigenvalue weighted by Gasteiger charge is 2.28. The van der Waals surface area contributed by atoms with Gasteiger partial charge in [-0.15, -0.1) is 0 Å². The van der Waals surface area contributed by atoms with E-state index < -0.39 is 5.63 Å². The molecular weight excluding hydrogens is 312 g/mol. The predicted octanol–water partition coefficient (Wildman–Crippen LogP) is 1.40. The van der Waals surface area contributed by atoms with Crippen LogP contribution in [0.2, 0.25) is 0 Å². The Hall–Kier alpha value is -2.83. The molecule has 0 aromatic carbocycles. The summed E-state index contributed by atoms with van der Waals surface area (Å²) in [7, 11) is 0. The summed E-state index contributed by atoms with van der Waals surface area (Å²) < 4.78 is 16.1. The third-order valence-corrected chi connectivity index (χ3v) is 3.66. The first-order valence-corrected chi connectivity index (χ1v) is 7.69. The number of likely N-dealkylation sites (tertiary alicyclic amines) is 1. The van der Waals surface area contributed by atoms with Gasteiger partial charge in [0.05, 0.1) is 18.8 Å². The van der Waals surface area contributed by atoms with Gasteiger partial charge >= 0.3 is 5.63 Å². The van der Waals surface area contributed by atoms with Crippen LogP contribution in [0.1, 0.15) is 12.2 Å². The zero-order valence-electron chi connectivity index (χ0n) is 13.3. The lowest BCUT2D eigenvalue weighted by atomic mass is 10.3. The summed E-state index contributed by atoms with van der Waals surface area (Å²) in [6, 6.07) is 6.47. The molecule has 0 spiro atoms. The molecule has 1 amide bonds. The standard InChI is InChI=1S/C17H18N2O5/c1-12-7-15(8-17(21)23-12)24-14-4-6-19(10-14)16(20)11-22-13-3-2-5-18-9-13/h2-3,5,7-9,14H,4,6,10-11H2,1H3. The molecular formula is C17H18N2O5. The van der Waals surface area contributed by atoms with Gasteiger partial charge in [-0.3, -0.25) is 9.78 Å². The molecule has 1 aliphatic rings. The zero-order valence-corrected chi connectivity index (χ0v) is 13.3. The van der Waals surface area contributed by atoms with E-state index in [9.17, 15) is 9.59 Å². The minimum absolute atomic E-state index is 0.0353. The maximum atomic E-state index is 12.2. The van der Waals surface area contributed by atoms with E-state index in [1.54, 1.807) is 42.4 Å². The second-order valence-corrected chi connectivity index (χ2v) is 5.57. The van der Waals surface area contributed by atoms with Crippen molar-refractivity contribution < 1.29 is 18.7 Å². The van der Waals surface area contributed by atoms with Crippen LogP contribution < -0.4 is 15.1 Å². The molecule has 0 radical (unpaired) electrons. The van der Waals surface area contributed by atoms with Gasteiger partial charge < -0.3 is 18.8 Å². The number of hydrogen-bond donors (Lipinski definition) is 0. The fraction of sp³-hybridized carbons (Fsp3) is 0.353. The van der Waals surface area contributed by atoms with Gasteiger partial charge in [-0.05, 0) is 19.1 Å². The molecule has 1 saturated heterocycles. The molecule has 1 atom stereocenters. The largest absolute Gasteiger partial charge is 0.488 e. The normalized spacial score (nSPS) is 16.9. The smallest absolute Gasteiger partial charge is 0.339 e. The SMILES string of the molecule is Cc1cc(OC2CCN(C(=O)COc3cccnc3)C2)cc(=O)o1. The Labute approximate surface area is 138 Å². The molecule has 1 fully saturated rings. The van der Waals surface area contributed by atoms with Crippen molar-refractivity contribution in [2.45, 2.75) is 19.4 Å². The highest BCUT2D eigenvalue weighted by molar-refractivity contribution is 5.78. The van der Waals surface area contributed by atoms with Gasteiger partial charge in [-0.1, -0.05) is 0 Å². The molecule has 3 rings (SSSR count). The molecule has 7 nitrogen and oxygen atoms in total. The number of aromatic nitrogens is 1. The van der Waals surface area contributed by atoms with E-state index >= 15 is 0 Å². The Morgan fingerprint density at radius 3 is 3.04 bits per heavy atom. The highest BCUT2D eigenvalue weighted by atomic mass is 16.5. The average Bonchev–Trinajstić information content (AvgIpc) is 3.01. The molecule has 0 saturated carbocycles. The van der Waals surface area contributed by atoms with Crippen LogP contribution in [0.15, 0.2) is 45.9 Å².